The third-order valence-corrected chi connectivity index (χ3v) is 3.97. The van der Waals surface area contributed by atoms with Crippen molar-refractivity contribution in [1.29, 1.82) is 0 Å². The number of hydrogen-bond donors (Lipinski definition) is 2. The number of carboxylic acids is 1. The van der Waals surface area contributed by atoms with Crippen LogP contribution in [-0.4, -0.2) is 50.2 Å². The van der Waals surface area contributed by atoms with Crippen molar-refractivity contribution in [3.63, 3.8) is 0 Å². The molecule has 1 amide bonds. The number of carbonyl (C=O) groups excluding carboxylic acids is 1. The summed E-state index contributed by atoms with van der Waals surface area (Å²) in [6, 6.07) is 3.61. The molecule has 7 nitrogen and oxygen atoms in total. The number of rotatable bonds is 3. The number of piperidine rings is 1. The molecule has 0 unspecified atom stereocenters. The first-order chi connectivity index (χ1) is 10.7. The first-order valence-corrected chi connectivity index (χ1v) is 7.12. The van der Waals surface area contributed by atoms with E-state index in [-0.39, 0.29) is 11.8 Å². The van der Waals surface area contributed by atoms with Crippen LogP contribution in [-0.2, 0) is 4.79 Å². The minimum Gasteiger partial charge on any atom is -0.481 e. The van der Waals surface area contributed by atoms with Crippen LogP contribution in [0.25, 0.3) is 11.3 Å². The highest BCUT2D eigenvalue weighted by molar-refractivity contribution is 5.99. The van der Waals surface area contributed by atoms with Gasteiger partial charge < -0.3 is 10.0 Å². The molecule has 7 heteroatoms. The van der Waals surface area contributed by atoms with Crippen LogP contribution in [0.1, 0.15) is 23.2 Å². The van der Waals surface area contributed by atoms with Crippen molar-refractivity contribution in [2.75, 3.05) is 13.1 Å². The molecule has 3 heterocycles. The smallest absolute Gasteiger partial charge is 0.306 e. The fraction of sp³-hybridized carbons (Fsp3) is 0.333. The van der Waals surface area contributed by atoms with Crippen LogP contribution in [0.2, 0.25) is 0 Å². The standard InChI is InChI=1S/C15H16N4O3/c20-14(19-7-3-11(4-8-19)15(21)22)12-9-17-18-13(12)10-1-5-16-6-2-10/h1-2,5-6,9,11H,3-4,7-8H2,(H,17,18)(H,21,22). The molecule has 2 aromatic heterocycles. The Bertz CT molecular complexity index is 675. The van der Waals surface area contributed by atoms with E-state index in [1.54, 1.807) is 29.4 Å². The van der Waals surface area contributed by atoms with Crippen LogP contribution in [0.15, 0.2) is 30.7 Å². The molecule has 2 N–H and O–H groups in total. The molecular formula is C15H16N4O3. The average molecular weight is 300 g/mol. The molecule has 1 aliphatic rings. The van der Waals surface area contributed by atoms with Crippen molar-refractivity contribution in [3.05, 3.63) is 36.3 Å². The molecule has 0 saturated carbocycles. The number of likely N-dealkylation sites (tertiary alicyclic amines) is 1. The van der Waals surface area contributed by atoms with E-state index in [0.717, 1.165) is 5.56 Å². The Morgan fingerprint density at radius 1 is 1.23 bits per heavy atom. The largest absolute Gasteiger partial charge is 0.481 e. The summed E-state index contributed by atoms with van der Waals surface area (Å²) >= 11 is 0. The molecule has 0 radical (unpaired) electrons. The van der Waals surface area contributed by atoms with E-state index in [4.69, 9.17) is 5.11 Å². The molecule has 1 saturated heterocycles. The summed E-state index contributed by atoms with van der Waals surface area (Å²) in [6.07, 6.45) is 5.81. The van der Waals surface area contributed by atoms with Crippen molar-refractivity contribution in [1.82, 2.24) is 20.1 Å². The molecule has 0 aromatic carbocycles. The molecule has 3 rings (SSSR count). The van der Waals surface area contributed by atoms with Crippen LogP contribution < -0.4 is 0 Å². The zero-order valence-electron chi connectivity index (χ0n) is 11.9. The lowest BCUT2D eigenvalue weighted by Gasteiger charge is -2.30. The van der Waals surface area contributed by atoms with Gasteiger partial charge >= 0.3 is 5.97 Å². The topological polar surface area (TPSA) is 99.2 Å². The Morgan fingerprint density at radius 3 is 2.55 bits per heavy atom. The van der Waals surface area contributed by atoms with Gasteiger partial charge in [0, 0.05) is 31.0 Å². The second kappa shape index (κ2) is 5.97. The maximum absolute atomic E-state index is 12.6. The first-order valence-electron chi connectivity index (χ1n) is 7.12. The third kappa shape index (κ3) is 2.69. The quantitative estimate of drug-likeness (QED) is 0.892. The molecule has 2 aromatic rings. The van der Waals surface area contributed by atoms with Crippen molar-refractivity contribution >= 4 is 11.9 Å². The highest BCUT2D eigenvalue weighted by Crippen LogP contribution is 2.24. The molecule has 0 atom stereocenters. The Balaban J connectivity index is 1.77. The van der Waals surface area contributed by atoms with Gasteiger partial charge in [-0.05, 0) is 25.0 Å². The van der Waals surface area contributed by atoms with Gasteiger partial charge in [-0.25, -0.2) is 0 Å². The minimum atomic E-state index is -0.784. The summed E-state index contributed by atoms with van der Waals surface area (Å²) in [5, 5.41) is 15.8. The van der Waals surface area contributed by atoms with Crippen molar-refractivity contribution in [2.24, 2.45) is 5.92 Å². The summed E-state index contributed by atoms with van der Waals surface area (Å²) in [7, 11) is 0. The van der Waals surface area contributed by atoms with Crippen LogP contribution >= 0.6 is 0 Å². The number of aliphatic carboxylic acids is 1. The number of aromatic amines is 1. The zero-order valence-corrected chi connectivity index (χ0v) is 11.9. The van der Waals surface area contributed by atoms with E-state index in [9.17, 15) is 9.59 Å². The van der Waals surface area contributed by atoms with E-state index < -0.39 is 5.97 Å². The number of aromatic nitrogens is 3. The predicted molar refractivity (Wildman–Crippen MR) is 78.1 cm³/mol. The SMILES string of the molecule is O=C(O)C1CCN(C(=O)c2cn[nH]c2-c2ccncc2)CC1. The highest BCUT2D eigenvalue weighted by Gasteiger charge is 2.29. The summed E-state index contributed by atoms with van der Waals surface area (Å²) in [5.74, 6) is -1.26. The second-order valence-electron chi connectivity index (χ2n) is 5.30. The number of hydrogen-bond acceptors (Lipinski definition) is 4. The number of pyridine rings is 1. The Morgan fingerprint density at radius 2 is 1.91 bits per heavy atom. The fourth-order valence-electron chi connectivity index (χ4n) is 2.69. The van der Waals surface area contributed by atoms with E-state index in [1.807, 2.05) is 0 Å². The molecule has 1 aliphatic heterocycles. The second-order valence-corrected chi connectivity index (χ2v) is 5.30. The number of H-pyrrole nitrogens is 1. The van der Waals surface area contributed by atoms with Gasteiger partial charge in [0.25, 0.3) is 5.91 Å². The van der Waals surface area contributed by atoms with Gasteiger partial charge in [0.05, 0.1) is 23.4 Å². The number of amides is 1. The van der Waals surface area contributed by atoms with Crippen molar-refractivity contribution < 1.29 is 14.7 Å². The Kier molecular flexibility index (Phi) is 3.86. The van der Waals surface area contributed by atoms with Gasteiger partial charge in [0.1, 0.15) is 0 Å². The lowest BCUT2D eigenvalue weighted by Crippen LogP contribution is -2.40. The molecular weight excluding hydrogens is 284 g/mol. The van der Waals surface area contributed by atoms with Crippen LogP contribution in [0.5, 0.6) is 0 Å². The van der Waals surface area contributed by atoms with Crippen LogP contribution in [0, 0.1) is 5.92 Å². The minimum absolute atomic E-state index is 0.121. The lowest BCUT2D eigenvalue weighted by atomic mass is 9.96. The Hall–Kier alpha value is -2.70. The van der Waals surface area contributed by atoms with Gasteiger partial charge in [-0.1, -0.05) is 0 Å². The summed E-state index contributed by atoms with van der Waals surface area (Å²) in [4.78, 5) is 29.3. The molecule has 0 bridgehead atoms. The van der Waals surface area contributed by atoms with Gasteiger partial charge in [0.15, 0.2) is 0 Å². The van der Waals surface area contributed by atoms with E-state index in [1.165, 1.54) is 6.20 Å². The molecule has 1 fully saturated rings. The number of carbonyl (C=O) groups is 2. The fourth-order valence-corrected chi connectivity index (χ4v) is 2.69. The third-order valence-electron chi connectivity index (χ3n) is 3.97. The monoisotopic (exact) mass is 300 g/mol. The normalized spacial score (nSPS) is 15.7. The van der Waals surface area contributed by atoms with Crippen molar-refractivity contribution in [3.8, 4) is 11.3 Å². The van der Waals surface area contributed by atoms with Gasteiger partial charge in [-0.15, -0.1) is 0 Å². The molecule has 22 heavy (non-hydrogen) atoms. The average Bonchev–Trinajstić information content (AvgIpc) is 3.04. The highest BCUT2D eigenvalue weighted by atomic mass is 16.4. The lowest BCUT2D eigenvalue weighted by molar-refractivity contribution is -0.143. The van der Waals surface area contributed by atoms with Gasteiger partial charge in [-0.2, -0.15) is 5.10 Å². The maximum atomic E-state index is 12.6. The molecule has 114 valence electrons. The van der Waals surface area contributed by atoms with Crippen LogP contribution in [0.3, 0.4) is 0 Å². The maximum Gasteiger partial charge on any atom is 0.306 e. The molecule has 0 aliphatic carbocycles. The summed E-state index contributed by atoms with van der Waals surface area (Å²) < 4.78 is 0. The van der Waals surface area contributed by atoms with E-state index in [0.29, 0.717) is 37.2 Å². The predicted octanol–water partition coefficient (Wildman–Crippen LogP) is 1.41. The van der Waals surface area contributed by atoms with Crippen molar-refractivity contribution in [2.45, 2.75) is 12.8 Å². The van der Waals surface area contributed by atoms with E-state index in [2.05, 4.69) is 15.2 Å². The number of nitrogens with one attached hydrogen (secondary N) is 1. The van der Waals surface area contributed by atoms with E-state index >= 15 is 0 Å². The zero-order chi connectivity index (χ0) is 15.5. The van der Waals surface area contributed by atoms with Gasteiger partial charge in [-0.3, -0.25) is 19.7 Å². The van der Waals surface area contributed by atoms with Crippen LogP contribution in [0.4, 0.5) is 0 Å². The van der Waals surface area contributed by atoms with Gasteiger partial charge in [0.2, 0.25) is 0 Å². The summed E-state index contributed by atoms with van der Waals surface area (Å²) in [5.41, 5.74) is 2.00. The first kappa shape index (κ1) is 14.2. The Labute approximate surface area is 127 Å². The number of carboxylic acid groups (broad SMARTS) is 1. The summed E-state index contributed by atoms with van der Waals surface area (Å²) in [6.45, 7) is 0.910. The molecule has 0 spiro atoms. The number of nitrogens with zero attached hydrogens (tertiary/aromatic N) is 3.